The monoisotopic (exact) mass is 333 g/mol. The van der Waals surface area contributed by atoms with E-state index in [0.29, 0.717) is 18.5 Å². The molecule has 1 saturated carbocycles. The molecule has 1 aliphatic carbocycles. The second-order valence-electron chi connectivity index (χ2n) is 6.70. The van der Waals surface area contributed by atoms with Crippen molar-refractivity contribution in [3.05, 3.63) is 29.1 Å². The molecule has 1 fully saturated rings. The zero-order valence-corrected chi connectivity index (χ0v) is 14.0. The van der Waals surface area contributed by atoms with Gasteiger partial charge in [-0.05, 0) is 48.9 Å². The molecule has 6 heteroatoms. The van der Waals surface area contributed by atoms with Gasteiger partial charge in [0.25, 0.3) is 0 Å². The van der Waals surface area contributed by atoms with E-state index >= 15 is 0 Å². The van der Waals surface area contributed by atoms with Crippen molar-refractivity contribution in [2.75, 3.05) is 11.9 Å². The highest BCUT2D eigenvalue weighted by Crippen LogP contribution is 2.29. The van der Waals surface area contributed by atoms with Crippen LogP contribution in [0.5, 0.6) is 0 Å². The van der Waals surface area contributed by atoms with Crippen LogP contribution >= 0.6 is 0 Å². The van der Waals surface area contributed by atoms with Crippen molar-refractivity contribution in [3.63, 3.8) is 0 Å². The van der Waals surface area contributed by atoms with E-state index in [1.807, 2.05) is 6.07 Å². The number of amides is 2. The second kappa shape index (κ2) is 7.30. The molecular weight excluding hydrogens is 309 g/mol. The molecule has 1 aromatic rings. The molecule has 0 spiro atoms. The summed E-state index contributed by atoms with van der Waals surface area (Å²) in [5, 5.41) is 8.64. The third-order valence-electron chi connectivity index (χ3n) is 4.98. The van der Waals surface area contributed by atoms with Gasteiger partial charge in [-0.1, -0.05) is 18.9 Å². The molecule has 1 aromatic carbocycles. The summed E-state index contributed by atoms with van der Waals surface area (Å²) in [5.41, 5.74) is 1.81. The summed E-state index contributed by atoms with van der Waals surface area (Å²) in [4.78, 5) is 24.1. The Morgan fingerprint density at radius 2 is 2.04 bits per heavy atom. The Hall–Kier alpha value is -1.95. The van der Waals surface area contributed by atoms with Crippen LogP contribution in [-0.2, 0) is 22.6 Å². The van der Waals surface area contributed by atoms with Crippen LogP contribution in [0.4, 0.5) is 10.1 Å². The molecule has 0 aromatic heterocycles. The van der Waals surface area contributed by atoms with Gasteiger partial charge in [0.05, 0.1) is 5.69 Å². The van der Waals surface area contributed by atoms with Crippen molar-refractivity contribution in [2.45, 2.75) is 51.6 Å². The number of hydrogen-bond acceptors (Lipinski definition) is 3. The first-order chi connectivity index (χ1) is 11.6. The third kappa shape index (κ3) is 3.59. The van der Waals surface area contributed by atoms with Crippen molar-refractivity contribution in [3.8, 4) is 0 Å². The van der Waals surface area contributed by atoms with Gasteiger partial charge in [-0.3, -0.25) is 9.59 Å². The maximum absolute atomic E-state index is 14.7. The predicted molar refractivity (Wildman–Crippen MR) is 90.0 cm³/mol. The van der Waals surface area contributed by atoms with Crippen LogP contribution in [0.1, 0.15) is 43.7 Å². The number of halogens is 1. The molecule has 0 bridgehead atoms. The van der Waals surface area contributed by atoms with Gasteiger partial charge in [0, 0.05) is 13.5 Å². The molecule has 1 atom stereocenters. The smallest absolute Gasteiger partial charge is 0.247 e. The fourth-order valence-electron chi connectivity index (χ4n) is 3.75. The van der Waals surface area contributed by atoms with Gasteiger partial charge in [0.2, 0.25) is 11.8 Å². The van der Waals surface area contributed by atoms with Crippen molar-refractivity contribution < 1.29 is 14.0 Å². The normalized spacial score (nSPS) is 18.8. The van der Waals surface area contributed by atoms with E-state index in [9.17, 15) is 14.0 Å². The summed E-state index contributed by atoms with van der Waals surface area (Å²) in [6.07, 6.45) is 4.57. The molecule has 0 saturated heterocycles. The minimum Gasteiger partial charge on any atom is -0.344 e. The van der Waals surface area contributed by atoms with Gasteiger partial charge >= 0.3 is 0 Å². The highest BCUT2D eigenvalue weighted by atomic mass is 19.1. The minimum absolute atomic E-state index is 0.124. The van der Waals surface area contributed by atoms with Gasteiger partial charge in [0.1, 0.15) is 11.9 Å². The fraction of sp³-hybridized carbons (Fsp3) is 0.556. The molecule has 3 rings (SSSR count). The first kappa shape index (κ1) is 16.9. The largest absolute Gasteiger partial charge is 0.344 e. The molecule has 3 N–H and O–H groups in total. The van der Waals surface area contributed by atoms with E-state index < -0.39 is 6.04 Å². The summed E-state index contributed by atoms with van der Waals surface area (Å²) in [6.45, 7) is 2.79. The Morgan fingerprint density at radius 3 is 2.75 bits per heavy atom. The van der Waals surface area contributed by atoms with Crippen LogP contribution in [0.3, 0.4) is 0 Å². The second-order valence-corrected chi connectivity index (χ2v) is 6.70. The SMILES string of the molecule is CC(=O)NC(C(=O)Nc1ccc2c(c1F)CCNC2)C1CCCC1. The van der Waals surface area contributed by atoms with Crippen molar-refractivity contribution >= 4 is 17.5 Å². The summed E-state index contributed by atoms with van der Waals surface area (Å²) in [7, 11) is 0. The molecule has 130 valence electrons. The zero-order valence-electron chi connectivity index (χ0n) is 14.0. The number of anilines is 1. The first-order valence-electron chi connectivity index (χ1n) is 8.65. The molecule has 1 unspecified atom stereocenters. The van der Waals surface area contributed by atoms with E-state index in [4.69, 9.17) is 0 Å². The number of fused-ring (bicyclic) bond motifs is 1. The van der Waals surface area contributed by atoms with Crippen LogP contribution < -0.4 is 16.0 Å². The van der Waals surface area contributed by atoms with E-state index in [0.717, 1.165) is 37.8 Å². The third-order valence-corrected chi connectivity index (χ3v) is 4.98. The molecule has 2 amide bonds. The van der Waals surface area contributed by atoms with Gasteiger partial charge in [-0.25, -0.2) is 4.39 Å². The molecular formula is C18H24FN3O2. The molecule has 5 nitrogen and oxygen atoms in total. The molecule has 1 aliphatic heterocycles. The predicted octanol–water partition coefficient (Wildman–Crippen LogP) is 2.10. The topological polar surface area (TPSA) is 70.2 Å². The molecule has 1 heterocycles. The quantitative estimate of drug-likeness (QED) is 0.790. The van der Waals surface area contributed by atoms with E-state index in [1.165, 1.54) is 6.92 Å². The van der Waals surface area contributed by atoms with Crippen molar-refractivity contribution in [2.24, 2.45) is 5.92 Å². The average molecular weight is 333 g/mol. The Balaban J connectivity index is 1.78. The van der Waals surface area contributed by atoms with Gasteiger partial charge in [-0.2, -0.15) is 0 Å². The van der Waals surface area contributed by atoms with Crippen LogP contribution in [-0.4, -0.2) is 24.4 Å². The average Bonchev–Trinajstić information content (AvgIpc) is 3.09. The lowest BCUT2D eigenvalue weighted by molar-refractivity contribution is -0.126. The number of carbonyl (C=O) groups excluding carboxylic acids is 2. The van der Waals surface area contributed by atoms with Crippen molar-refractivity contribution in [1.82, 2.24) is 10.6 Å². The van der Waals surface area contributed by atoms with Gasteiger partial charge in [0.15, 0.2) is 0 Å². The van der Waals surface area contributed by atoms with Crippen LogP contribution in [0, 0.1) is 11.7 Å². The Bertz CT molecular complexity index is 641. The van der Waals surface area contributed by atoms with Crippen LogP contribution in [0.25, 0.3) is 0 Å². The first-order valence-corrected chi connectivity index (χ1v) is 8.65. The lowest BCUT2D eigenvalue weighted by atomic mass is 9.96. The number of nitrogens with one attached hydrogen (secondary N) is 3. The lowest BCUT2D eigenvalue weighted by Gasteiger charge is -2.24. The van der Waals surface area contributed by atoms with E-state index in [2.05, 4.69) is 16.0 Å². The Morgan fingerprint density at radius 1 is 1.29 bits per heavy atom. The van der Waals surface area contributed by atoms with Gasteiger partial charge in [-0.15, -0.1) is 0 Å². The summed E-state index contributed by atoms with van der Waals surface area (Å²) in [6, 6.07) is 2.86. The van der Waals surface area contributed by atoms with E-state index in [1.54, 1.807) is 6.07 Å². The maximum atomic E-state index is 14.7. The van der Waals surface area contributed by atoms with Crippen LogP contribution in [0.15, 0.2) is 12.1 Å². The van der Waals surface area contributed by atoms with Gasteiger partial charge < -0.3 is 16.0 Å². The number of rotatable bonds is 4. The number of hydrogen-bond donors (Lipinski definition) is 3. The molecule has 0 radical (unpaired) electrons. The maximum Gasteiger partial charge on any atom is 0.247 e. The minimum atomic E-state index is -0.595. The van der Waals surface area contributed by atoms with Crippen LogP contribution in [0.2, 0.25) is 0 Å². The summed E-state index contributed by atoms with van der Waals surface area (Å²) < 4.78 is 14.7. The summed E-state index contributed by atoms with van der Waals surface area (Å²) >= 11 is 0. The standard InChI is InChI=1S/C18H24FN3O2/c1-11(23)21-17(12-4-2-3-5-12)18(24)22-15-7-6-13-10-20-9-8-14(13)16(15)19/h6-7,12,17,20H,2-5,8-10H2,1H3,(H,21,23)(H,22,24). The van der Waals surface area contributed by atoms with Crippen molar-refractivity contribution in [1.29, 1.82) is 0 Å². The Kier molecular flexibility index (Phi) is 5.14. The number of benzene rings is 1. The number of carbonyl (C=O) groups is 2. The summed E-state index contributed by atoms with van der Waals surface area (Å²) in [5.74, 6) is -0.793. The lowest BCUT2D eigenvalue weighted by Crippen LogP contribution is -2.47. The zero-order chi connectivity index (χ0) is 17.1. The highest BCUT2D eigenvalue weighted by molar-refractivity contribution is 5.97. The molecule has 24 heavy (non-hydrogen) atoms. The van der Waals surface area contributed by atoms with E-state index in [-0.39, 0.29) is 29.2 Å². The fourth-order valence-corrected chi connectivity index (χ4v) is 3.75. The highest BCUT2D eigenvalue weighted by Gasteiger charge is 2.32. The molecule has 2 aliphatic rings. The Labute approximate surface area is 141 Å².